The molecular formula is C43H55NO2. The smallest absolute Gasteiger partial charge is 0.196 e. The van der Waals surface area contributed by atoms with Gasteiger partial charge in [-0.25, -0.2) is 4.98 Å². The Hall–Kier alpha value is -3.85. The van der Waals surface area contributed by atoms with Crippen molar-refractivity contribution >= 4 is 11.1 Å². The lowest BCUT2D eigenvalue weighted by molar-refractivity contribution is 0.466. The Balaban J connectivity index is 0.000000270. The standard InChI is InChI=1S/C29H33NO.C14H22O/c1-28(2,3)22-17-24(29(4,5)6)27-25(18-22)30-26(31-27)19-23(20-13-9-7-10-14-20)21-15-11-8-12-16-21;1-13(2,3)10-7-11(14(4,5)6)9-12(15)8-10/h7-18,23H,19H2,1-6H3;7-9,15H,1-6H3. The highest BCUT2D eigenvalue weighted by Crippen LogP contribution is 2.37. The van der Waals surface area contributed by atoms with Crippen molar-refractivity contribution in [2.75, 3.05) is 0 Å². The molecule has 0 aliphatic heterocycles. The largest absolute Gasteiger partial charge is 0.508 e. The molecule has 0 saturated carbocycles. The molecule has 0 saturated heterocycles. The second kappa shape index (κ2) is 13.1. The number of fused-ring (bicyclic) bond motifs is 1. The number of aromatic nitrogens is 1. The maximum Gasteiger partial charge on any atom is 0.196 e. The quantitative estimate of drug-likeness (QED) is 0.218. The summed E-state index contributed by atoms with van der Waals surface area (Å²) in [6, 6.07) is 31.7. The van der Waals surface area contributed by atoms with Crippen LogP contribution in [0.15, 0.2) is 95.4 Å². The first-order valence-corrected chi connectivity index (χ1v) is 16.6. The summed E-state index contributed by atoms with van der Waals surface area (Å²) >= 11 is 0. The van der Waals surface area contributed by atoms with Crippen LogP contribution in [0.1, 0.15) is 128 Å². The predicted octanol–water partition coefficient (Wildman–Crippen LogP) is 11.8. The average Bonchev–Trinajstić information content (AvgIpc) is 3.37. The number of phenolic OH excluding ortho intramolecular Hbond substituents is 1. The van der Waals surface area contributed by atoms with Crippen molar-refractivity contribution in [3.05, 3.63) is 130 Å². The molecule has 3 nitrogen and oxygen atoms in total. The fraction of sp³-hybridized carbons (Fsp3) is 0.419. The van der Waals surface area contributed by atoms with E-state index in [1.54, 1.807) is 0 Å². The molecule has 1 heterocycles. The molecule has 0 bridgehead atoms. The van der Waals surface area contributed by atoms with E-state index in [0.717, 1.165) is 23.4 Å². The molecule has 0 aliphatic carbocycles. The van der Waals surface area contributed by atoms with Gasteiger partial charge in [-0.3, -0.25) is 0 Å². The van der Waals surface area contributed by atoms with Crippen LogP contribution in [0.25, 0.3) is 11.1 Å². The number of oxazole rings is 1. The van der Waals surface area contributed by atoms with Gasteiger partial charge in [0.1, 0.15) is 11.3 Å². The third-order valence-electron chi connectivity index (χ3n) is 8.64. The molecular weight excluding hydrogens is 562 g/mol. The van der Waals surface area contributed by atoms with Crippen molar-refractivity contribution in [3.8, 4) is 5.75 Å². The Labute approximate surface area is 278 Å². The van der Waals surface area contributed by atoms with Crippen molar-refractivity contribution in [1.82, 2.24) is 4.98 Å². The van der Waals surface area contributed by atoms with Crippen LogP contribution in [-0.4, -0.2) is 10.1 Å². The zero-order chi connectivity index (χ0) is 34.1. The molecule has 1 aromatic heterocycles. The van der Waals surface area contributed by atoms with Gasteiger partial charge in [-0.2, -0.15) is 0 Å². The van der Waals surface area contributed by atoms with Crippen molar-refractivity contribution in [2.24, 2.45) is 0 Å². The summed E-state index contributed by atoms with van der Waals surface area (Å²) in [5.74, 6) is 1.37. The Kier molecular flexibility index (Phi) is 9.97. The fourth-order valence-electron chi connectivity index (χ4n) is 5.61. The van der Waals surface area contributed by atoms with Gasteiger partial charge in [-0.1, -0.05) is 156 Å². The molecule has 244 valence electrons. The highest BCUT2D eigenvalue weighted by Gasteiger charge is 2.26. The first-order chi connectivity index (χ1) is 21.2. The minimum Gasteiger partial charge on any atom is -0.508 e. The van der Waals surface area contributed by atoms with Crippen molar-refractivity contribution in [3.63, 3.8) is 0 Å². The Bertz CT molecular complexity index is 1660. The van der Waals surface area contributed by atoms with Crippen molar-refractivity contribution in [2.45, 2.75) is 117 Å². The third-order valence-corrected chi connectivity index (χ3v) is 8.64. The van der Waals surface area contributed by atoms with E-state index in [-0.39, 0.29) is 27.6 Å². The summed E-state index contributed by atoms with van der Waals surface area (Å²) in [7, 11) is 0. The van der Waals surface area contributed by atoms with E-state index < -0.39 is 0 Å². The predicted molar refractivity (Wildman–Crippen MR) is 195 cm³/mol. The Morgan fingerprint density at radius 2 is 1.00 bits per heavy atom. The molecule has 5 aromatic rings. The summed E-state index contributed by atoms with van der Waals surface area (Å²) in [4.78, 5) is 4.99. The number of phenols is 1. The summed E-state index contributed by atoms with van der Waals surface area (Å²) < 4.78 is 6.46. The fourth-order valence-corrected chi connectivity index (χ4v) is 5.61. The monoisotopic (exact) mass is 617 g/mol. The molecule has 46 heavy (non-hydrogen) atoms. The van der Waals surface area contributed by atoms with E-state index in [0.29, 0.717) is 5.75 Å². The lowest BCUT2D eigenvalue weighted by atomic mass is 9.80. The van der Waals surface area contributed by atoms with Gasteiger partial charge in [-0.15, -0.1) is 0 Å². The van der Waals surface area contributed by atoms with Crippen LogP contribution < -0.4 is 0 Å². The van der Waals surface area contributed by atoms with Crippen molar-refractivity contribution < 1.29 is 9.52 Å². The summed E-state index contributed by atoms with van der Waals surface area (Å²) in [5, 5.41) is 9.72. The number of rotatable bonds is 4. The maximum atomic E-state index is 9.72. The first kappa shape index (κ1) is 35.0. The number of hydrogen-bond acceptors (Lipinski definition) is 3. The lowest BCUT2D eigenvalue weighted by Gasteiger charge is -2.25. The van der Waals surface area contributed by atoms with E-state index in [1.807, 2.05) is 12.1 Å². The van der Waals surface area contributed by atoms with Crippen molar-refractivity contribution in [1.29, 1.82) is 0 Å². The summed E-state index contributed by atoms with van der Waals surface area (Å²) in [5.41, 5.74) is 9.56. The minimum absolute atomic E-state index is 0.0193. The normalized spacial score (nSPS) is 12.7. The molecule has 0 unspecified atom stereocenters. The average molecular weight is 618 g/mol. The van der Waals surface area contributed by atoms with E-state index in [9.17, 15) is 5.11 Å². The van der Waals surface area contributed by atoms with Gasteiger partial charge >= 0.3 is 0 Å². The zero-order valence-electron chi connectivity index (χ0n) is 30.2. The molecule has 5 rings (SSSR count). The highest BCUT2D eigenvalue weighted by atomic mass is 16.3. The van der Waals surface area contributed by atoms with E-state index >= 15 is 0 Å². The molecule has 3 heteroatoms. The second-order valence-electron chi connectivity index (χ2n) is 16.8. The van der Waals surface area contributed by atoms with Gasteiger partial charge in [0.05, 0.1) is 0 Å². The van der Waals surface area contributed by atoms with Gasteiger partial charge in [0.15, 0.2) is 11.5 Å². The molecule has 0 atom stereocenters. The van der Waals surface area contributed by atoms with Gasteiger partial charge in [0.25, 0.3) is 0 Å². The minimum atomic E-state index is -0.0193. The van der Waals surface area contributed by atoms with Crippen LogP contribution in [0.5, 0.6) is 5.75 Å². The summed E-state index contributed by atoms with van der Waals surface area (Å²) in [6.45, 7) is 26.5. The number of hydrogen-bond donors (Lipinski definition) is 1. The van der Waals surface area contributed by atoms with Crippen LogP contribution in [0.2, 0.25) is 0 Å². The molecule has 0 aliphatic rings. The van der Waals surface area contributed by atoms with Gasteiger partial charge in [-0.05, 0) is 67.7 Å². The van der Waals surface area contributed by atoms with E-state index in [2.05, 4.69) is 162 Å². The van der Waals surface area contributed by atoms with Gasteiger partial charge in [0, 0.05) is 17.9 Å². The van der Waals surface area contributed by atoms with Crippen LogP contribution in [0, 0.1) is 0 Å². The molecule has 1 N–H and O–H groups in total. The van der Waals surface area contributed by atoms with Crippen LogP contribution in [0.3, 0.4) is 0 Å². The first-order valence-electron chi connectivity index (χ1n) is 16.6. The maximum absolute atomic E-state index is 9.72. The number of nitrogens with zero attached hydrogens (tertiary/aromatic N) is 1. The topological polar surface area (TPSA) is 46.3 Å². The van der Waals surface area contributed by atoms with Crippen LogP contribution in [0.4, 0.5) is 0 Å². The van der Waals surface area contributed by atoms with Crippen LogP contribution in [-0.2, 0) is 28.1 Å². The zero-order valence-corrected chi connectivity index (χ0v) is 30.2. The highest BCUT2D eigenvalue weighted by molar-refractivity contribution is 5.79. The molecule has 0 spiro atoms. The SMILES string of the molecule is CC(C)(C)c1cc(C(C)(C)C)c2oc(CC(c3ccccc3)c3ccccc3)nc2c1.CC(C)(C)c1cc(O)cc(C(C)(C)C)c1. The van der Waals surface area contributed by atoms with E-state index in [1.165, 1.54) is 33.4 Å². The van der Waals surface area contributed by atoms with E-state index in [4.69, 9.17) is 9.40 Å². The number of benzene rings is 4. The number of aromatic hydroxyl groups is 1. The van der Waals surface area contributed by atoms with Gasteiger partial charge in [0.2, 0.25) is 0 Å². The second-order valence-corrected chi connectivity index (χ2v) is 16.8. The van der Waals surface area contributed by atoms with Gasteiger partial charge < -0.3 is 9.52 Å². The molecule has 0 fully saturated rings. The lowest BCUT2D eigenvalue weighted by Crippen LogP contribution is -2.16. The molecule has 0 radical (unpaired) electrons. The van der Waals surface area contributed by atoms with Crippen LogP contribution >= 0.6 is 0 Å². The summed E-state index contributed by atoms with van der Waals surface area (Å²) in [6.07, 6.45) is 0.733. The molecule has 4 aromatic carbocycles. The Morgan fingerprint density at radius 1 is 0.565 bits per heavy atom. The third kappa shape index (κ3) is 8.69. The Morgan fingerprint density at radius 3 is 1.41 bits per heavy atom. The molecule has 0 amide bonds.